The highest BCUT2D eigenvalue weighted by Gasteiger charge is 2.31. The van der Waals surface area contributed by atoms with Gasteiger partial charge in [-0.3, -0.25) is 0 Å². The van der Waals surface area contributed by atoms with Crippen molar-refractivity contribution in [3.8, 4) is 0 Å². The van der Waals surface area contributed by atoms with Gasteiger partial charge in [-0.15, -0.1) is 0 Å². The van der Waals surface area contributed by atoms with Crippen LogP contribution in [0.2, 0.25) is 6.55 Å². The van der Waals surface area contributed by atoms with Gasteiger partial charge in [0.25, 0.3) is 0 Å². The van der Waals surface area contributed by atoms with Gasteiger partial charge in [0, 0.05) is 7.11 Å². The van der Waals surface area contributed by atoms with Crippen LogP contribution in [-0.4, -0.2) is 15.4 Å². The van der Waals surface area contributed by atoms with E-state index in [1.165, 1.54) is 21.5 Å². The van der Waals surface area contributed by atoms with Crippen molar-refractivity contribution in [1.82, 2.24) is 0 Å². The molecule has 1 unspecified atom stereocenters. The lowest BCUT2D eigenvalue weighted by Crippen LogP contribution is -2.49. The minimum Gasteiger partial charge on any atom is -0.415 e. The van der Waals surface area contributed by atoms with Gasteiger partial charge in [0.05, 0.1) is 0 Å². The Kier molecular flexibility index (Phi) is 3.91. The predicted octanol–water partition coefficient (Wildman–Crippen LogP) is 4.05. The SMILES string of the molecule is CO[Si](C)(Cc1cccc2ccccc12)c1ccccc1. The number of rotatable bonds is 4. The summed E-state index contributed by atoms with van der Waals surface area (Å²) in [5, 5.41) is 3.99. The molecule has 0 spiro atoms. The fraction of sp³-hybridized carbons (Fsp3) is 0.158. The zero-order valence-corrected chi connectivity index (χ0v) is 13.5. The second-order valence-corrected chi connectivity index (χ2v) is 9.42. The standard InChI is InChI=1S/C19H20OSi/c1-20-21(2,18-12-4-3-5-13-18)15-17-11-8-10-16-9-6-7-14-19(16)17/h3-14H,15H2,1-2H3. The van der Waals surface area contributed by atoms with Gasteiger partial charge in [0.15, 0.2) is 0 Å². The van der Waals surface area contributed by atoms with Crippen molar-refractivity contribution < 1.29 is 4.43 Å². The van der Waals surface area contributed by atoms with E-state index < -0.39 is 8.32 Å². The summed E-state index contributed by atoms with van der Waals surface area (Å²) in [6.45, 7) is 2.30. The zero-order valence-electron chi connectivity index (χ0n) is 12.5. The average Bonchev–Trinajstić information content (AvgIpc) is 2.56. The Balaban J connectivity index is 2.04. The van der Waals surface area contributed by atoms with Crippen LogP contribution in [0.5, 0.6) is 0 Å². The molecule has 3 rings (SSSR count). The highest BCUT2D eigenvalue weighted by atomic mass is 28.4. The van der Waals surface area contributed by atoms with Gasteiger partial charge >= 0.3 is 0 Å². The molecule has 0 amide bonds. The molecular formula is C19H20OSi. The van der Waals surface area contributed by atoms with E-state index in [0.29, 0.717) is 0 Å². The molecule has 106 valence electrons. The molecule has 2 heteroatoms. The summed E-state index contributed by atoms with van der Waals surface area (Å²) in [5.41, 5.74) is 1.38. The van der Waals surface area contributed by atoms with Gasteiger partial charge < -0.3 is 4.43 Å². The molecule has 3 aromatic carbocycles. The average molecular weight is 292 g/mol. The summed E-state index contributed by atoms with van der Waals surface area (Å²) < 4.78 is 6.02. The molecule has 0 saturated heterocycles. The third kappa shape index (κ3) is 2.78. The van der Waals surface area contributed by atoms with Gasteiger partial charge in [-0.05, 0) is 34.1 Å². The summed E-state index contributed by atoms with van der Waals surface area (Å²) in [5.74, 6) is 0. The highest BCUT2D eigenvalue weighted by Crippen LogP contribution is 2.22. The van der Waals surface area contributed by atoms with E-state index in [9.17, 15) is 0 Å². The van der Waals surface area contributed by atoms with Crippen molar-refractivity contribution in [2.24, 2.45) is 0 Å². The Bertz CT molecular complexity index is 733. The van der Waals surface area contributed by atoms with Gasteiger partial charge in [-0.1, -0.05) is 72.8 Å². The second-order valence-electron chi connectivity index (χ2n) is 5.62. The molecule has 0 saturated carbocycles. The van der Waals surface area contributed by atoms with Crippen molar-refractivity contribution in [3.05, 3.63) is 78.4 Å². The molecule has 0 aromatic heterocycles. The number of hydrogen-bond donors (Lipinski definition) is 0. The lowest BCUT2D eigenvalue weighted by atomic mass is 10.1. The summed E-state index contributed by atoms with van der Waals surface area (Å²) in [4.78, 5) is 0. The Morgan fingerprint density at radius 3 is 2.24 bits per heavy atom. The smallest absolute Gasteiger partial charge is 0.224 e. The Morgan fingerprint density at radius 2 is 1.48 bits per heavy atom. The topological polar surface area (TPSA) is 9.23 Å². The molecule has 0 aliphatic rings. The van der Waals surface area contributed by atoms with E-state index >= 15 is 0 Å². The molecule has 0 fully saturated rings. The van der Waals surface area contributed by atoms with Crippen LogP contribution >= 0.6 is 0 Å². The maximum Gasteiger partial charge on any atom is 0.224 e. The molecule has 0 bridgehead atoms. The highest BCUT2D eigenvalue weighted by molar-refractivity contribution is 6.85. The molecule has 1 atom stereocenters. The predicted molar refractivity (Wildman–Crippen MR) is 92.4 cm³/mol. The van der Waals surface area contributed by atoms with E-state index in [1.807, 2.05) is 7.11 Å². The number of hydrogen-bond acceptors (Lipinski definition) is 1. The van der Waals surface area contributed by atoms with Crippen LogP contribution in [0.15, 0.2) is 72.8 Å². The normalized spacial score (nSPS) is 14.0. The van der Waals surface area contributed by atoms with Crippen LogP contribution in [0.3, 0.4) is 0 Å². The molecular weight excluding hydrogens is 272 g/mol. The van der Waals surface area contributed by atoms with E-state index in [4.69, 9.17) is 4.43 Å². The van der Waals surface area contributed by atoms with Gasteiger partial charge in [0.2, 0.25) is 8.32 Å². The molecule has 1 nitrogen and oxygen atoms in total. The molecule has 21 heavy (non-hydrogen) atoms. The molecule has 0 aliphatic carbocycles. The first kappa shape index (κ1) is 14.1. The maximum atomic E-state index is 6.02. The van der Waals surface area contributed by atoms with E-state index in [2.05, 4.69) is 79.3 Å². The van der Waals surface area contributed by atoms with Crippen molar-refractivity contribution in [3.63, 3.8) is 0 Å². The van der Waals surface area contributed by atoms with E-state index in [-0.39, 0.29) is 0 Å². The first-order valence-corrected chi connectivity index (χ1v) is 9.92. The van der Waals surface area contributed by atoms with Crippen LogP contribution in [0.25, 0.3) is 10.8 Å². The fourth-order valence-electron chi connectivity index (χ4n) is 2.89. The lowest BCUT2D eigenvalue weighted by Gasteiger charge is -2.26. The first-order valence-electron chi connectivity index (χ1n) is 7.30. The van der Waals surface area contributed by atoms with Crippen molar-refractivity contribution in [2.45, 2.75) is 12.6 Å². The third-order valence-corrected chi connectivity index (χ3v) is 7.75. The van der Waals surface area contributed by atoms with Crippen molar-refractivity contribution in [2.75, 3.05) is 7.11 Å². The van der Waals surface area contributed by atoms with Crippen molar-refractivity contribution in [1.29, 1.82) is 0 Å². The first-order chi connectivity index (χ1) is 10.2. The quantitative estimate of drug-likeness (QED) is 0.659. The minimum absolute atomic E-state index is 0.995. The Hall–Kier alpha value is -1.90. The van der Waals surface area contributed by atoms with Gasteiger partial charge in [-0.25, -0.2) is 0 Å². The van der Waals surface area contributed by atoms with E-state index in [1.54, 1.807) is 0 Å². The minimum atomic E-state index is -1.96. The van der Waals surface area contributed by atoms with Crippen LogP contribution in [0.4, 0.5) is 0 Å². The van der Waals surface area contributed by atoms with Crippen molar-refractivity contribution >= 4 is 24.3 Å². The molecule has 0 radical (unpaired) electrons. The van der Waals surface area contributed by atoms with Gasteiger partial charge in [-0.2, -0.15) is 0 Å². The second kappa shape index (κ2) is 5.84. The van der Waals surface area contributed by atoms with Crippen LogP contribution in [-0.2, 0) is 10.5 Å². The number of benzene rings is 3. The summed E-state index contributed by atoms with van der Waals surface area (Å²) in [7, 11) is -0.106. The summed E-state index contributed by atoms with van der Waals surface area (Å²) >= 11 is 0. The molecule has 0 N–H and O–H groups in total. The lowest BCUT2D eigenvalue weighted by molar-refractivity contribution is 0.409. The zero-order chi connectivity index (χ0) is 14.7. The fourth-order valence-corrected chi connectivity index (χ4v) is 5.41. The van der Waals surface area contributed by atoms with Crippen LogP contribution in [0.1, 0.15) is 5.56 Å². The monoisotopic (exact) mass is 292 g/mol. The molecule has 3 aromatic rings. The Morgan fingerprint density at radius 1 is 0.810 bits per heavy atom. The molecule has 0 heterocycles. The maximum absolute atomic E-state index is 6.02. The van der Waals surface area contributed by atoms with Crippen LogP contribution < -0.4 is 5.19 Å². The number of fused-ring (bicyclic) bond motifs is 1. The summed E-state index contributed by atoms with van der Waals surface area (Å²) in [6.07, 6.45) is 0. The van der Waals surface area contributed by atoms with E-state index in [0.717, 1.165) is 6.04 Å². The van der Waals surface area contributed by atoms with Crippen LogP contribution in [0, 0.1) is 0 Å². The summed E-state index contributed by atoms with van der Waals surface area (Å²) in [6, 6.07) is 26.8. The molecule has 0 aliphatic heterocycles. The third-order valence-electron chi connectivity index (χ3n) is 4.24. The largest absolute Gasteiger partial charge is 0.415 e. The van der Waals surface area contributed by atoms with Gasteiger partial charge in [0.1, 0.15) is 0 Å². The Labute approximate surface area is 127 Å².